The first kappa shape index (κ1) is 11.5. The van der Waals surface area contributed by atoms with Crippen molar-refractivity contribution in [3.63, 3.8) is 0 Å². The molecule has 1 unspecified atom stereocenters. The SMILES string of the molecule is CNC(=O)c1ccc2c3c1CC(C)N3CCNC2. The Balaban J connectivity index is 2.16. The summed E-state index contributed by atoms with van der Waals surface area (Å²) in [5.74, 6) is 0.0269. The maximum atomic E-state index is 11.9. The summed E-state index contributed by atoms with van der Waals surface area (Å²) in [6.45, 7) is 5.18. The molecule has 0 saturated carbocycles. The van der Waals surface area contributed by atoms with Gasteiger partial charge in [-0.3, -0.25) is 4.79 Å². The Morgan fingerprint density at radius 1 is 1.50 bits per heavy atom. The lowest BCUT2D eigenvalue weighted by Gasteiger charge is -2.24. The van der Waals surface area contributed by atoms with E-state index in [1.165, 1.54) is 16.8 Å². The largest absolute Gasteiger partial charge is 0.367 e. The van der Waals surface area contributed by atoms with Crippen LogP contribution in [0.3, 0.4) is 0 Å². The standard InChI is InChI=1S/C14H19N3O/c1-9-7-12-11(14(18)15-2)4-3-10-8-16-5-6-17(9)13(10)12/h3-4,9,16H,5-8H2,1-2H3,(H,15,18). The van der Waals surface area contributed by atoms with Gasteiger partial charge in [0.15, 0.2) is 0 Å². The van der Waals surface area contributed by atoms with Crippen LogP contribution in [0.1, 0.15) is 28.4 Å². The second kappa shape index (κ2) is 4.28. The van der Waals surface area contributed by atoms with Gasteiger partial charge in [0.05, 0.1) is 0 Å². The molecule has 1 amide bonds. The third-order valence-corrected chi connectivity index (χ3v) is 4.00. The number of carbonyl (C=O) groups excluding carboxylic acids is 1. The number of nitrogens with one attached hydrogen (secondary N) is 2. The van der Waals surface area contributed by atoms with Gasteiger partial charge in [0.1, 0.15) is 0 Å². The van der Waals surface area contributed by atoms with Crippen molar-refractivity contribution >= 4 is 11.6 Å². The first-order valence-electron chi connectivity index (χ1n) is 6.56. The predicted molar refractivity (Wildman–Crippen MR) is 72.1 cm³/mol. The highest BCUT2D eigenvalue weighted by molar-refractivity contribution is 5.98. The Labute approximate surface area is 107 Å². The molecule has 0 aromatic heterocycles. The van der Waals surface area contributed by atoms with Crippen LogP contribution in [0, 0.1) is 0 Å². The second-order valence-corrected chi connectivity index (χ2v) is 5.10. The fourth-order valence-electron chi connectivity index (χ4n) is 3.12. The van der Waals surface area contributed by atoms with Crippen LogP contribution in [0.5, 0.6) is 0 Å². The number of hydrogen-bond donors (Lipinski definition) is 2. The fourth-order valence-corrected chi connectivity index (χ4v) is 3.12. The minimum absolute atomic E-state index is 0.0269. The molecule has 0 radical (unpaired) electrons. The molecule has 0 spiro atoms. The number of amides is 1. The van der Waals surface area contributed by atoms with Gasteiger partial charge in [0.2, 0.25) is 0 Å². The molecule has 1 aromatic carbocycles. The van der Waals surface area contributed by atoms with Gasteiger partial charge in [-0.1, -0.05) is 6.07 Å². The third-order valence-electron chi connectivity index (χ3n) is 4.00. The highest BCUT2D eigenvalue weighted by Crippen LogP contribution is 2.38. The van der Waals surface area contributed by atoms with Crippen molar-refractivity contribution in [3.05, 3.63) is 28.8 Å². The summed E-state index contributed by atoms with van der Waals surface area (Å²) in [5, 5.41) is 6.17. The van der Waals surface area contributed by atoms with Gasteiger partial charge in [-0.2, -0.15) is 0 Å². The Kier molecular flexibility index (Phi) is 2.74. The van der Waals surface area contributed by atoms with Crippen LogP contribution < -0.4 is 15.5 Å². The molecule has 1 atom stereocenters. The normalized spacial score (nSPS) is 21.4. The molecule has 0 bridgehead atoms. The van der Waals surface area contributed by atoms with Gasteiger partial charge in [-0.15, -0.1) is 0 Å². The molecule has 2 aliphatic rings. The zero-order chi connectivity index (χ0) is 12.7. The summed E-state index contributed by atoms with van der Waals surface area (Å²) in [5.41, 5.74) is 4.68. The van der Waals surface area contributed by atoms with E-state index in [9.17, 15) is 4.79 Å². The Hall–Kier alpha value is -1.55. The summed E-state index contributed by atoms with van der Waals surface area (Å²) in [4.78, 5) is 14.4. The maximum absolute atomic E-state index is 11.9. The molecule has 2 N–H and O–H groups in total. The molecule has 4 nitrogen and oxygen atoms in total. The van der Waals surface area contributed by atoms with Crippen LogP contribution in [0.25, 0.3) is 0 Å². The maximum Gasteiger partial charge on any atom is 0.251 e. The number of anilines is 1. The molecule has 3 rings (SSSR count). The van der Waals surface area contributed by atoms with E-state index in [4.69, 9.17) is 0 Å². The molecule has 0 aliphatic carbocycles. The number of rotatable bonds is 1. The van der Waals surface area contributed by atoms with Crippen molar-refractivity contribution < 1.29 is 4.79 Å². The summed E-state index contributed by atoms with van der Waals surface area (Å²) in [7, 11) is 1.69. The van der Waals surface area contributed by atoms with Crippen molar-refractivity contribution in [2.24, 2.45) is 0 Å². The summed E-state index contributed by atoms with van der Waals surface area (Å²) >= 11 is 0. The van der Waals surface area contributed by atoms with Crippen molar-refractivity contribution in [2.75, 3.05) is 25.0 Å². The van der Waals surface area contributed by atoms with Crippen LogP contribution in [0.4, 0.5) is 5.69 Å². The van der Waals surface area contributed by atoms with Crippen molar-refractivity contribution in [1.29, 1.82) is 0 Å². The topological polar surface area (TPSA) is 44.4 Å². The molecule has 0 fully saturated rings. The van der Waals surface area contributed by atoms with E-state index < -0.39 is 0 Å². The van der Waals surface area contributed by atoms with Gasteiger partial charge in [-0.25, -0.2) is 0 Å². The highest BCUT2D eigenvalue weighted by atomic mass is 16.1. The van der Waals surface area contributed by atoms with Gasteiger partial charge in [0.25, 0.3) is 5.91 Å². The van der Waals surface area contributed by atoms with E-state index in [0.29, 0.717) is 6.04 Å². The van der Waals surface area contributed by atoms with E-state index in [0.717, 1.165) is 31.6 Å². The molecule has 0 saturated heterocycles. The number of hydrogen-bond acceptors (Lipinski definition) is 3. The minimum atomic E-state index is 0.0269. The van der Waals surface area contributed by atoms with Gasteiger partial charge >= 0.3 is 0 Å². The Morgan fingerprint density at radius 2 is 2.33 bits per heavy atom. The van der Waals surface area contributed by atoms with Crippen LogP contribution in [-0.2, 0) is 13.0 Å². The molecule has 96 valence electrons. The van der Waals surface area contributed by atoms with Crippen LogP contribution in [-0.4, -0.2) is 32.1 Å². The van der Waals surface area contributed by atoms with Crippen molar-refractivity contribution in [3.8, 4) is 0 Å². The average Bonchev–Trinajstić information content (AvgIpc) is 2.59. The zero-order valence-corrected chi connectivity index (χ0v) is 10.9. The molecule has 18 heavy (non-hydrogen) atoms. The first-order valence-corrected chi connectivity index (χ1v) is 6.56. The van der Waals surface area contributed by atoms with E-state index in [1.54, 1.807) is 7.05 Å². The molecule has 2 aliphatic heterocycles. The van der Waals surface area contributed by atoms with Crippen molar-refractivity contribution in [1.82, 2.24) is 10.6 Å². The van der Waals surface area contributed by atoms with Crippen LogP contribution in [0.2, 0.25) is 0 Å². The smallest absolute Gasteiger partial charge is 0.251 e. The third kappa shape index (κ3) is 1.60. The Bertz CT molecular complexity index is 498. The second-order valence-electron chi connectivity index (χ2n) is 5.10. The molecular formula is C14H19N3O. The number of carbonyl (C=O) groups is 1. The van der Waals surface area contributed by atoms with E-state index in [-0.39, 0.29) is 5.91 Å². The lowest BCUT2D eigenvalue weighted by atomic mass is 9.99. The molecular weight excluding hydrogens is 226 g/mol. The summed E-state index contributed by atoms with van der Waals surface area (Å²) in [6.07, 6.45) is 0.978. The van der Waals surface area contributed by atoms with Crippen LogP contribution >= 0.6 is 0 Å². The fraction of sp³-hybridized carbons (Fsp3) is 0.500. The molecule has 4 heteroatoms. The van der Waals surface area contributed by atoms with Crippen LogP contribution in [0.15, 0.2) is 12.1 Å². The van der Waals surface area contributed by atoms with Gasteiger partial charge in [-0.05, 0) is 30.5 Å². The summed E-state index contributed by atoms with van der Waals surface area (Å²) in [6, 6.07) is 4.55. The van der Waals surface area contributed by atoms with E-state index >= 15 is 0 Å². The summed E-state index contributed by atoms with van der Waals surface area (Å²) < 4.78 is 0. The lowest BCUT2D eigenvalue weighted by molar-refractivity contribution is 0.0962. The first-order chi connectivity index (χ1) is 8.72. The van der Waals surface area contributed by atoms with Gasteiger partial charge in [0, 0.05) is 44.0 Å². The average molecular weight is 245 g/mol. The molecule has 1 aromatic rings. The quantitative estimate of drug-likeness (QED) is 0.772. The lowest BCUT2D eigenvalue weighted by Crippen LogP contribution is -2.33. The Morgan fingerprint density at radius 3 is 3.11 bits per heavy atom. The van der Waals surface area contributed by atoms with E-state index in [2.05, 4.69) is 28.5 Å². The monoisotopic (exact) mass is 245 g/mol. The van der Waals surface area contributed by atoms with Gasteiger partial charge < -0.3 is 15.5 Å². The predicted octanol–water partition coefficient (Wildman–Crippen LogP) is 0.900. The highest BCUT2D eigenvalue weighted by Gasteiger charge is 2.32. The number of nitrogens with zero attached hydrogens (tertiary/aromatic N) is 1. The van der Waals surface area contributed by atoms with Crippen molar-refractivity contribution in [2.45, 2.75) is 25.9 Å². The molecule has 2 heterocycles. The van der Waals surface area contributed by atoms with E-state index in [1.807, 2.05) is 6.07 Å². The number of benzene rings is 1. The minimum Gasteiger partial charge on any atom is -0.367 e. The zero-order valence-electron chi connectivity index (χ0n) is 10.9.